The van der Waals surface area contributed by atoms with Gasteiger partial charge in [-0.15, -0.1) is 0 Å². The first kappa shape index (κ1) is 15.1. The van der Waals surface area contributed by atoms with Crippen molar-refractivity contribution in [2.45, 2.75) is 24.7 Å². The van der Waals surface area contributed by atoms with Crippen molar-refractivity contribution in [3.8, 4) is 5.75 Å². The molecule has 0 bridgehead atoms. The van der Waals surface area contributed by atoms with E-state index in [-0.39, 0.29) is 11.3 Å². The van der Waals surface area contributed by atoms with Gasteiger partial charge in [-0.1, -0.05) is 0 Å². The van der Waals surface area contributed by atoms with E-state index in [0.717, 1.165) is 0 Å². The second-order valence-electron chi connectivity index (χ2n) is 4.47. The first-order valence-corrected chi connectivity index (χ1v) is 5.96. The number of amides is 1. The number of hydrogen-bond acceptors (Lipinski definition) is 4. The molecule has 0 spiro atoms. The van der Waals surface area contributed by atoms with Gasteiger partial charge in [-0.05, 0) is 12.1 Å². The van der Waals surface area contributed by atoms with Crippen LogP contribution in [0.1, 0.15) is 6.42 Å². The zero-order chi connectivity index (χ0) is 15.6. The maximum Gasteiger partial charge on any atom is 0.471 e. The number of rotatable bonds is 3. The zero-order valence-electron chi connectivity index (χ0n) is 10.6. The number of carboxylic acids is 1. The molecule has 1 N–H and O–H groups in total. The number of alkyl halides is 3. The highest BCUT2D eigenvalue weighted by molar-refractivity contribution is 5.87. The molecule has 0 aromatic carbocycles. The van der Waals surface area contributed by atoms with Gasteiger partial charge in [0.05, 0.1) is 6.54 Å². The van der Waals surface area contributed by atoms with Crippen molar-refractivity contribution in [2.24, 2.45) is 0 Å². The highest BCUT2D eigenvalue weighted by atomic mass is 19.4. The van der Waals surface area contributed by atoms with Gasteiger partial charge in [-0.3, -0.25) is 9.78 Å². The number of carboxylic acid groups (broad SMARTS) is 1. The van der Waals surface area contributed by atoms with Crippen molar-refractivity contribution in [1.29, 1.82) is 0 Å². The molecule has 6 nitrogen and oxygen atoms in total. The van der Waals surface area contributed by atoms with Crippen LogP contribution in [0.15, 0.2) is 24.5 Å². The van der Waals surface area contributed by atoms with Gasteiger partial charge in [0.1, 0.15) is 17.9 Å². The number of carbonyl (C=O) groups is 2. The third-order valence-corrected chi connectivity index (χ3v) is 3.00. The first-order chi connectivity index (χ1) is 9.79. The highest BCUT2D eigenvalue weighted by Gasteiger charge is 2.50. The van der Waals surface area contributed by atoms with Gasteiger partial charge in [0, 0.05) is 18.8 Å². The summed E-state index contributed by atoms with van der Waals surface area (Å²) in [6, 6.07) is 1.43. The molecule has 1 saturated heterocycles. The summed E-state index contributed by atoms with van der Waals surface area (Å²) in [4.78, 5) is 26.3. The zero-order valence-corrected chi connectivity index (χ0v) is 10.6. The standard InChI is InChI=1S/C12H11F3N2O4/c13-12(14,15)11(20)17-6-8(5-9(17)10(18)19)21-7-1-3-16-4-2-7/h1-4,8-9H,5-6H2,(H,18,19)/t8-,9-/m0/s1. The van der Waals surface area contributed by atoms with Crippen LogP contribution in [0.25, 0.3) is 0 Å². The summed E-state index contributed by atoms with van der Waals surface area (Å²) >= 11 is 0. The number of pyridine rings is 1. The monoisotopic (exact) mass is 304 g/mol. The molecule has 1 aromatic rings. The molecule has 2 atom stereocenters. The third-order valence-electron chi connectivity index (χ3n) is 3.00. The molecule has 0 aliphatic carbocycles. The lowest BCUT2D eigenvalue weighted by atomic mass is 10.2. The number of halogens is 3. The van der Waals surface area contributed by atoms with Crippen LogP contribution in [0, 0.1) is 0 Å². The number of aliphatic carboxylic acids is 1. The maximum atomic E-state index is 12.5. The summed E-state index contributed by atoms with van der Waals surface area (Å²) < 4.78 is 42.8. The molecule has 2 heterocycles. The average molecular weight is 304 g/mol. The molecule has 9 heteroatoms. The predicted molar refractivity (Wildman–Crippen MR) is 62.5 cm³/mol. The normalized spacial score (nSPS) is 22.1. The molecular formula is C12H11F3N2O4. The lowest BCUT2D eigenvalue weighted by molar-refractivity contribution is -0.188. The Morgan fingerprint density at radius 2 is 1.95 bits per heavy atom. The van der Waals surface area contributed by atoms with Gasteiger partial charge in [0.25, 0.3) is 0 Å². The van der Waals surface area contributed by atoms with Crippen LogP contribution in [-0.2, 0) is 9.59 Å². The smallest absolute Gasteiger partial charge is 0.471 e. The van der Waals surface area contributed by atoms with Gasteiger partial charge in [0.15, 0.2) is 0 Å². The highest BCUT2D eigenvalue weighted by Crippen LogP contribution is 2.28. The Hall–Kier alpha value is -2.32. The topological polar surface area (TPSA) is 79.7 Å². The minimum Gasteiger partial charge on any atom is -0.488 e. The fraction of sp³-hybridized carbons (Fsp3) is 0.417. The molecule has 1 aromatic heterocycles. The molecule has 1 aliphatic heterocycles. The van der Waals surface area contributed by atoms with E-state index in [9.17, 15) is 22.8 Å². The van der Waals surface area contributed by atoms with Crippen LogP contribution >= 0.6 is 0 Å². The fourth-order valence-corrected chi connectivity index (χ4v) is 2.11. The Bertz CT molecular complexity index is 535. The maximum absolute atomic E-state index is 12.5. The van der Waals surface area contributed by atoms with Crippen LogP contribution in [0.2, 0.25) is 0 Å². The Kier molecular flexibility index (Phi) is 4.01. The van der Waals surface area contributed by atoms with Crippen molar-refractivity contribution in [3.05, 3.63) is 24.5 Å². The first-order valence-electron chi connectivity index (χ1n) is 5.96. The average Bonchev–Trinajstić information content (AvgIpc) is 2.82. The van der Waals surface area contributed by atoms with Crippen LogP contribution in [0.4, 0.5) is 13.2 Å². The van der Waals surface area contributed by atoms with Crippen molar-refractivity contribution >= 4 is 11.9 Å². The number of likely N-dealkylation sites (tertiary alicyclic amines) is 1. The van der Waals surface area contributed by atoms with Crippen LogP contribution in [0.3, 0.4) is 0 Å². The SMILES string of the molecule is O=C(O)[C@@H]1C[C@H](Oc2ccncc2)CN1C(=O)C(F)(F)F. The van der Waals surface area contributed by atoms with Crippen molar-refractivity contribution in [3.63, 3.8) is 0 Å². The summed E-state index contributed by atoms with van der Waals surface area (Å²) in [5.41, 5.74) is 0. The quantitative estimate of drug-likeness (QED) is 0.904. The van der Waals surface area contributed by atoms with Gasteiger partial charge < -0.3 is 14.7 Å². The summed E-state index contributed by atoms with van der Waals surface area (Å²) in [6.45, 7) is -0.433. The molecular weight excluding hydrogens is 293 g/mol. The second kappa shape index (κ2) is 5.58. The molecule has 2 rings (SSSR count). The fourth-order valence-electron chi connectivity index (χ4n) is 2.11. The van der Waals surface area contributed by atoms with Crippen LogP contribution in [-0.4, -0.2) is 51.7 Å². The summed E-state index contributed by atoms with van der Waals surface area (Å²) in [5, 5.41) is 8.96. The number of carbonyl (C=O) groups excluding carboxylic acids is 1. The van der Waals surface area contributed by atoms with Gasteiger partial charge >= 0.3 is 18.1 Å². The van der Waals surface area contributed by atoms with E-state index >= 15 is 0 Å². The van der Waals surface area contributed by atoms with E-state index in [0.29, 0.717) is 5.75 Å². The minimum absolute atomic E-state index is 0.209. The van der Waals surface area contributed by atoms with Crippen LogP contribution < -0.4 is 4.74 Å². The van der Waals surface area contributed by atoms with Crippen molar-refractivity contribution in [1.82, 2.24) is 9.88 Å². The van der Waals surface area contributed by atoms with Crippen molar-refractivity contribution in [2.75, 3.05) is 6.54 Å². The molecule has 1 aliphatic rings. The Balaban J connectivity index is 2.12. The Morgan fingerprint density at radius 3 is 2.48 bits per heavy atom. The van der Waals surface area contributed by atoms with Crippen LogP contribution in [0.5, 0.6) is 5.75 Å². The van der Waals surface area contributed by atoms with E-state index in [1.54, 1.807) is 0 Å². The summed E-state index contributed by atoms with van der Waals surface area (Å²) in [5.74, 6) is -3.32. The predicted octanol–water partition coefficient (Wildman–Crippen LogP) is 1.08. The number of hydrogen-bond donors (Lipinski definition) is 1. The van der Waals surface area contributed by atoms with E-state index in [2.05, 4.69) is 4.98 Å². The summed E-state index contributed by atoms with van der Waals surface area (Å²) in [6.07, 6.45) is -3.28. The Labute approximate surface area is 117 Å². The third kappa shape index (κ3) is 3.41. The second-order valence-corrected chi connectivity index (χ2v) is 4.47. The molecule has 1 amide bonds. The molecule has 0 saturated carbocycles. The molecule has 0 radical (unpaired) electrons. The molecule has 21 heavy (non-hydrogen) atoms. The van der Waals surface area contributed by atoms with Gasteiger partial charge in [-0.25, -0.2) is 4.79 Å². The number of nitrogens with zero attached hydrogens (tertiary/aromatic N) is 2. The van der Waals surface area contributed by atoms with Gasteiger partial charge in [0.2, 0.25) is 0 Å². The minimum atomic E-state index is -5.11. The Morgan fingerprint density at radius 1 is 1.33 bits per heavy atom. The largest absolute Gasteiger partial charge is 0.488 e. The summed E-state index contributed by atoms with van der Waals surface area (Å²) in [7, 11) is 0. The molecule has 114 valence electrons. The number of aromatic nitrogens is 1. The van der Waals surface area contributed by atoms with E-state index in [4.69, 9.17) is 9.84 Å². The number of ether oxygens (including phenoxy) is 1. The van der Waals surface area contributed by atoms with E-state index < -0.39 is 36.7 Å². The van der Waals surface area contributed by atoms with Crippen molar-refractivity contribution < 1.29 is 32.6 Å². The molecule has 1 fully saturated rings. The lowest BCUT2D eigenvalue weighted by Crippen LogP contribution is -2.47. The van der Waals surface area contributed by atoms with E-state index in [1.807, 2.05) is 0 Å². The van der Waals surface area contributed by atoms with E-state index in [1.165, 1.54) is 24.5 Å². The molecule has 0 unspecified atom stereocenters. The van der Waals surface area contributed by atoms with Gasteiger partial charge in [-0.2, -0.15) is 13.2 Å². The lowest BCUT2D eigenvalue weighted by Gasteiger charge is -2.22.